The molecule has 0 aliphatic carbocycles. The van der Waals surface area contributed by atoms with Crippen molar-refractivity contribution >= 4 is 17.9 Å². The first kappa shape index (κ1) is 69.8. The maximum absolute atomic E-state index is 12.9. The molecule has 422 valence electrons. The van der Waals surface area contributed by atoms with Gasteiger partial charge in [-0.15, -0.1) is 0 Å². The molecule has 0 bridgehead atoms. The van der Waals surface area contributed by atoms with Gasteiger partial charge in [-0.25, -0.2) is 0 Å². The van der Waals surface area contributed by atoms with E-state index in [1.807, 2.05) is 0 Å². The van der Waals surface area contributed by atoms with Crippen molar-refractivity contribution in [3.05, 3.63) is 72.9 Å². The topological polar surface area (TPSA) is 78.9 Å². The van der Waals surface area contributed by atoms with Crippen molar-refractivity contribution in [2.24, 2.45) is 0 Å². The van der Waals surface area contributed by atoms with Crippen LogP contribution in [0.2, 0.25) is 0 Å². The van der Waals surface area contributed by atoms with Crippen molar-refractivity contribution < 1.29 is 28.6 Å². The number of rotatable bonds is 57. The van der Waals surface area contributed by atoms with Gasteiger partial charge in [-0.2, -0.15) is 0 Å². The Bertz CT molecular complexity index is 1360. The Hall–Kier alpha value is -3.15. The van der Waals surface area contributed by atoms with E-state index in [-0.39, 0.29) is 31.1 Å². The molecule has 0 amide bonds. The van der Waals surface area contributed by atoms with Crippen molar-refractivity contribution in [1.82, 2.24) is 0 Å². The molecule has 0 aliphatic heterocycles. The highest BCUT2D eigenvalue weighted by molar-refractivity contribution is 5.71. The highest BCUT2D eigenvalue weighted by Crippen LogP contribution is 2.17. The summed E-state index contributed by atoms with van der Waals surface area (Å²) in [7, 11) is 0. The normalized spacial score (nSPS) is 12.5. The summed E-state index contributed by atoms with van der Waals surface area (Å²) < 4.78 is 16.9. The van der Waals surface area contributed by atoms with Crippen molar-refractivity contribution in [2.75, 3.05) is 13.2 Å². The number of allylic oxidation sites excluding steroid dienone is 12. The highest BCUT2D eigenvalue weighted by atomic mass is 16.6. The van der Waals surface area contributed by atoms with Crippen LogP contribution in [0.1, 0.15) is 316 Å². The lowest BCUT2D eigenvalue weighted by molar-refractivity contribution is -0.167. The Morgan fingerprint density at radius 1 is 0.288 bits per heavy atom. The van der Waals surface area contributed by atoms with E-state index in [1.54, 1.807) is 0 Å². The molecule has 73 heavy (non-hydrogen) atoms. The largest absolute Gasteiger partial charge is 0.462 e. The fourth-order valence-corrected chi connectivity index (χ4v) is 9.04. The molecule has 0 radical (unpaired) electrons. The summed E-state index contributed by atoms with van der Waals surface area (Å²) in [4.78, 5) is 38.3. The molecular weight excluding hydrogens is 901 g/mol. The Balaban J connectivity index is 4.39. The van der Waals surface area contributed by atoms with E-state index < -0.39 is 6.10 Å². The maximum Gasteiger partial charge on any atom is 0.306 e. The van der Waals surface area contributed by atoms with E-state index >= 15 is 0 Å². The molecule has 1 atom stereocenters. The van der Waals surface area contributed by atoms with Crippen molar-refractivity contribution in [3.63, 3.8) is 0 Å². The Kier molecular flexibility index (Phi) is 58.7. The number of hydrogen-bond acceptors (Lipinski definition) is 6. The average Bonchev–Trinajstić information content (AvgIpc) is 3.39. The fraction of sp³-hybridized carbons (Fsp3) is 0.776. The van der Waals surface area contributed by atoms with Crippen LogP contribution in [0.15, 0.2) is 72.9 Å². The van der Waals surface area contributed by atoms with E-state index in [4.69, 9.17) is 14.2 Å². The van der Waals surface area contributed by atoms with Crippen LogP contribution in [0.3, 0.4) is 0 Å². The summed E-state index contributed by atoms with van der Waals surface area (Å²) in [6, 6.07) is 0. The van der Waals surface area contributed by atoms with E-state index in [2.05, 4.69) is 93.7 Å². The van der Waals surface area contributed by atoms with Gasteiger partial charge in [0.2, 0.25) is 0 Å². The van der Waals surface area contributed by atoms with E-state index in [9.17, 15) is 14.4 Å². The van der Waals surface area contributed by atoms with E-state index in [0.29, 0.717) is 19.3 Å². The summed E-state index contributed by atoms with van der Waals surface area (Å²) in [5, 5.41) is 0. The number of esters is 3. The van der Waals surface area contributed by atoms with Crippen LogP contribution < -0.4 is 0 Å². The van der Waals surface area contributed by atoms with Crippen LogP contribution in [0, 0.1) is 0 Å². The fourth-order valence-electron chi connectivity index (χ4n) is 9.04. The van der Waals surface area contributed by atoms with E-state index in [1.165, 1.54) is 180 Å². The minimum Gasteiger partial charge on any atom is -0.462 e. The highest BCUT2D eigenvalue weighted by Gasteiger charge is 2.19. The first-order valence-electron chi connectivity index (χ1n) is 31.4. The van der Waals surface area contributed by atoms with Crippen molar-refractivity contribution in [2.45, 2.75) is 322 Å². The molecule has 6 nitrogen and oxygen atoms in total. The molecule has 0 heterocycles. The number of hydrogen-bond donors (Lipinski definition) is 0. The summed E-state index contributed by atoms with van der Waals surface area (Å²) in [5.74, 6) is -0.914. The number of ether oxygens (including phenoxy) is 3. The second kappa shape index (κ2) is 61.4. The van der Waals surface area contributed by atoms with Crippen LogP contribution in [-0.4, -0.2) is 37.2 Å². The lowest BCUT2D eigenvalue weighted by atomic mass is 10.0. The smallest absolute Gasteiger partial charge is 0.306 e. The molecule has 6 heteroatoms. The molecule has 0 aromatic heterocycles. The maximum atomic E-state index is 12.9. The predicted octanol–water partition coefficient (Wildman–Crippen LogP) is 21.3. The minimum atomic E-state index is -0.791. The molecule has 0 aromatic carbocycles. The van der Waals surface area contributed by atoms with Crippen LogP contribution in [-0.2, 0) is 28.6 Å². The number of carbonyl (C=O) groups is 3. The second-order valence-corrected chi connectivity index (χ2v) is 21.0. The first-order valence-corrected chi connectivity index (χ1v) is 31.4. The van der Waals surface area contributed by atoms with Crippen molar-refractivity contribution in [1.29, 1.82) is 0 Å². The predicted molar refractivity (Wildman–Crippen MR) is 316 cm³/mol. The molecule has 1 unspecified atom stereocenters. The van der Waals surface area contributed by atoms with Gasteiger partial charge >= 0.3 is 17.9 Å². The monoisotopic (exact) mass is 1020 g/mol. The SMILES string of the molecule is CC/C=C\C/C=C\C/C=C\C/C=C\C/C=C\C/C=C\CCCCC(=O)OCC(COC(=O)CCCCCCCCCCCCCCC)OC(=O)CCCCCCCCCCCCCCCCCCCCCCC. The average molecular weight is 1020 g/mol. The molecule has 0 rings (SSSR count). The molecule has 0 N–H and O–H groups in total. The third kappa shape index (κ3) is 59.6. The Morgan fingerprint density at radius 3 is 0.836 bits per heavy atom. The van der Waals surface area contributed by atoms with Gasteiger partial charge in [-0.05, 0) is 70.6 Å². The number of unbranched alkanes of at least 4 members (excludes halogenated alkanes) is 34. The van der Waals surface area contributed by atoms with Crippen molar-refractivity contribution in [3.8, 4) is 0 Å². The Labute approximate surface area is 453 Å². The molecule has 0 spiro atoms. The van der Waals surface area contributed by atoms with Gasteiger partial charge < -0.3 is 14.2 Å². The summed E-state index contributed by atoms with van der Waals surface area (Å²) in [6.07, 6.45) is 79.1. The van der Waals surface area contributed by atoms with Crippen LogP contribution >= 0.6 is 0 Å². The summed E-state index contributed by atoms with van der Waals surface area (Å²) in [6.45, 7) is 6.53. The lowest BCUT2D eigenvalue weighted by Gasteiger charge is -2.18. The first-order chi connectivity index (χ1) is 36.0. The van der Waals surface area contributed by atoms with Gasteiger partial charge in [0, 0.05) is 19.3 Å². The van der Waals surface area contributed by atoms with Gasteiger partial charge in [0.05, 0.1) is 0 Å². The third-order valence-corrected chi connectivity index (χ3v) is 13.7. The molecule has 0 aliphatic rings. The standard InChI is InChI=1S/C67H118O6/c1-4-7-10-13-16-19-22-25-27-29-31-33-35-37-39-42-45-48-51-54-57-60-66(69)72-63-64(62-71-65(68)59-56-53-50-47-44-41-24-21-18-15-12-9-6-3)73-67(70)61-58-55-52-49-46-43-40-38-36-34-32-30-28-26-23-20-17-14-11-8-5-2/h7,10,16,19,25,27,31,33,37,39,45,48,64H,4-6,8-9,11-15,17-18,20-24,26,28-30,32,34-36,38,40-44,46-47,49-63H2,1-3H3/b10-7-,19-16-,27-25-,33-31-,39-37-,48-45-. The summed E-state index contributed by atoms with van der Waals surface area (Å²) in [5.41, 5.74) is 0. The van der Waals surface area contributed by atoms with E-state index in [0.717, 1.165) is 96.3 Å². The van der Waals surface area contributed by atoms with Gasteiger partial charge in [0.1, 0.15) is 13.2 Å². The summed E-state index contributed by atoms with van der Waals surface area (Å²) >= 11 is 0. The van der Waals surface area contributed by atoms with Crippen LogP contribution in [0.25, 0.3) is 0 Å². The zero-order chi connectivity index (χ0) is 52.9. The zero-order valence-corrected chi connectivity index (χ0v) is 48.4. The third-order valence-electron chi connectivity index (χ3n) is 13.7. The quantitative estimate of drug-likeness (QED) is 0.0261. The Morgan fingerprint density at radius 2 is 0.534 bits per heavy atom. The van der Waals surface area contributed by atoms with Crippen LogP contribution in [0.4, 0.5) is 0 Å². The number of carbonyl (C=O) groups excluding carboxylic acids is 3. The zero-order valence-electron chi connectivity index (χ0n) is 48.4. The molecule has 0 saturated carbocycles. The molecule has 0 aromatic rings. The van der Waals surface area contributed by atoms with Gasteiger partial charge in [0.25, 0.3) is 0 Å². The van der Waals surface area contributed by atoms with Gasteiger partial charge in [0.15, 0.2) is 6.10 Å². The molecular formula is C67H118O6. The van der Waals surface area contributed by atoms with Gasteiger partial charge in [-0.1, -0.05) is 299 Å². The van der Waals surface area contributed by atoms with Gasteiger partial charge in [-0.3, -0.25) is 14.4 Å². The lowest BCUT2D eigenvalue weighted by Crippen LogP contribution is -2.30. The second-order valence-electron chi connectivity index (χ2n) is 21.0. The minimum absolute atomic E-state index is 0.0850. The molecule has 0 saturated heterocycles. The molecule has 0 fully saturated rings. The van der Waals surface area contributed by atoms with Crippen LogP contribution in [0.5, 0.6) is 0 Å².